The van der Waals surface area contributed by atoms with Gasteiger partial charge < -0.3 is 10.5 Å². The summed E-state index contributed by atoms with van der Waals surface area (Å²) in [5.74, 6) is -0.366. The van der Waals surface area contributed by atoms with Crippen LogP contribution in [0.4, 0.5) is 4.39 Å². The van der Waals surface area contributed by atoms with E-state index in [2.05, 4.69) is 5.10 Å². The normalized spacial score (nSPS) is 12.8. The first-order valence-electron chi connectivity index (χ1n) is 8.91. The standard InChI is InChI=1S/C19H26ClFN4O3S/c1-13-16(18(12-28-4)23-25(13)11-15(21)7-8-22)9-14-5-6-19(17(20)10-14)29(26,27)24(2)3/h5-7,10H,8-9,11-12,22H2,1-4H3/b15-7-. The van der Waals surface area contributed by atoms with Gasteiger partial charge in [-0.1, -0.05) is 17.7 Å². The van der Waals surface area contributed by atoms with Gasteiger partial charge in [0.05, 0.1) is 23.9 Å². The molecule has 0 aliphatic carbocycles. The molecule has 0 saturated carbocycles. The number of nitrogens with zero attached hydrogens (tertiary/aromatic N) is 3. The van der Waals surface area contributed by atoms with E-state index in [1.807, 2.05) is 6.92 Å². The average molecular weight is 445 g/mol. The Bertz CT molecular complexity index is 1000. The van der Waals surface area contributed by atoms with E-state index in [-0.39, 0.29) is 35.4 Å². The third-order valence-electron chi connectivity index (χ3n) is 4.47. The second-order valence-electron chi connectivity index (χ2n) is 6.72. The molecule has 7 nitrogen and oxygen atoms in total. The maximum absolute atomic E-state index is 13.9. The molecule has 160 valence electrons. The van der Waals surface area contributed by atoms with Gasteiger partial charge in [-0.05, 0) is 30.7 Å². The summed E-state index contributed by atoms with van der Waals surface area (Å²) in [5, 5.41) is 4.60. The molecule has 0 fully saturated rings. The van der Waals surface area contributed by atoms with Gasteiger partial charge in [0, 0.05) is 45.4 Å². The van der Waals surface area contributed by atoms with Crippen molar-refractivity contribution in [1.29, 1.82) is 0 Å². The molecule has 0 saturated heterocycles. The molecule has 2 aromatic rings. The molecule has 2 rings (SSSR count). The Morgan fingerprint density at radius 2 is 2.10 bits per heavy atom. The Morgan fingerprint density at radius 3 is 2.66 bits per heavy atom. The molecule has 29 heavy (non-hydrogen) atoms. The zero-order valence-electron chi connectivity index (χ0n) is 16.9. The van der Waals surface area contributed by atoms with Crippen molar-refractivity contribution in [2.75, 3.05) is 27.7 Å². The maximum Gasteiger partial charge on any atom is 0.244 e. The third kappa shape index (κ3) is 5.43. The monoisotopic (exact) mass is 444 g/mol. The van der Waals surface area contributed by atoms with Crippen LogP contribution in [-0.2, 0) is 34.3 Å². The molecule has 0 aliphatic heterocycles. The lowest BCUT2D eigenvalue weighted by Crippen LogP contribution is -2.22. The SMILES string of the molecule is COCc1nn(C/C(F)=C/CN)c(C)c1Cc1ccc(S(=O)(=O)N(C)C)c(Cl)c1. The highest BCUT2D eigenvalue weighted by Crippen LogP contribution is 2.27. The van der Waals surface area contributed by atoms with Crippen molar-refractivity contribution < 1.29 is 17.5 Å². The predicted molar refractivity (Wildman–Crippen MR) is 111 cm³/mol. The Balaban J connectivity index is 2.39. The van der Waals surface area contributed by atoms with Crippen LogP contribution in [0.2, 0.25) is 5.02 Å². The molecular formula is C19H26ClFN4O3S. The summed E-state index contributed by atoms with van der Waals surface area (Å²) in [6, 6.07) is 4.83. The van der Waals surface area contributed by atoms with E-state index in [4.69, 9.17) is 22.1 Å². The van der Waals surface area contributed by atoms with Gasteiger partial charge >= 0.3 is 0 Å². The molecule has 0 atom stereocenters. The molecule has 1 heterocycles. The van der Waals surface area contributed by atoms with Gasteiger partial charge in [-0.2, -0.15) is 5.10 Å². The highest BCUT2D eigenvalue weighted by Gasteiger charge is 2.22. The largest absolute Gasteiger partial charge is 0.378 e. The van der Waals surface area contributed by atoms with Gasteiger partial charge in [-0.25, -0.2) is 17.1 Å². The number of nitrogens with two attached hydrogens (primary N) is 1. The van der Waals surface area contributed by atoms with E-state index < -0.39 is 10.0 Å². The fourth-order valence-electron chi connectivity index (χ4n) is 2.88. The second-order valence-corrected chi connectivity index (χ2v) is 9.24. The van der Waals surface area contributed by atoms with Gasteiger partial charge in [-0.3, -0.25) is 4.68 Å². The zero-order valence-corrected chi connectivity index (χ0v) is 18.5. The molecule has 0 spiro atoms. The fourth-order valence-corrected chi connectivity index (χ4v) is 4.32. The van der Waals surface area contributed by atoms with Gasteiger partial charge in [0.1, 0.15) is 10.7 Å². The minimum Gasteiger partial charge on any atom is -0.378 e. The minimum atomic E-state index is -3.63. The van der Waals surface area contributed by atoms with Crippen LogP contribution in [0.15, 0.2) is 35.0 Å². The average Bonchev–Trinajstić information content (AvgIpc) is 2.91. The first-order valence-corrected chi connectivity index (χ1v) is 10.7. The topological polar surface area (TPSA) is 90.5 Å². The van der Waals surface area contributed by atoms with Crippen LogP contribution in [0.3, 0.4) is 0 Å². The summed E-state index contributed by atoms with van der Waals surface area (Å²) < 4.78 is 46.5. The highest BCUT2D eigenvalue weighted by atomic mass is 35.5. The van der Waals surface area contributed by atoms with Crippen molar-refractivity contribution in [3.63, 3.8) is 0 Å². The quantitative estimate of drug-likeness (QED) is 0.642. The van der Waals surface area contributed by atoms with Crippen molar-refractivity contribution in [3.8, 4) is 0 Å². The van der Waals surface area contributed by atoms with Crippen LogP contribution in [-0.4, -0.2) is 50.3 Å². The van der Waals surface area contributed by atoms with Gasteiger partial charge in [0.2, 0.25) is 10.0 Å². The Labute approximate surface area is 175 Å². The van der Waals surface area contributed by atoms with Crippen LogP contribution in [0.1, 0.15) is 22.5 Å². The van der Waals surface area contributed by atoms with Gasteiger partial charge in [0.25, 0.3) is 0 Å². The summed E-state index contributed by atoms with van der Waals surface area (Å²) in [5.41, 5.74) is 8.53. The summed E-state index contributed by atoms with van der Waals surface area (Å²) >= 11 is 6.25. The lowest BCUT2D eigenvalue weighted by atomic mass is 10.0. The van der Waals surface area contributed by atoms with Crippen molar-refractivity contribution in [2.24, 2.45) is 5.73 Å². The molecule has 1 aromatic heterocycles. The predicted octanol–water partition coefficient (Wildman–Crippen LogP) is 2.64. The third-order valence-corrected chi connectivity index (χ3v) is 6.77. The van der Waals surface area contributed by atoms with Gasteiger partial charge in [-0.15, -0.1) is 0 Å². The van der Waals surface area contributed by atoms with Crippen molar-refractivity contribution in [3.05, 3.63) is 57.6 Å². The molecule has 0 aliphatic rings. The molecule has 0 unspecified atom stereocenters. The Hall–Kier alpha value is -1.78. The first kappa shape index (κ1) is 23.5. The fraction of sp³-hybridized carbons (Fsp3) is 0.421. The van der Waals surface area contributed by atoms with Crippen LogP contribution in [0, 0.1) is 6.92 Å². The lowest BCUT2D eigenvalue weighted by Gasteiger charge is -2.13. The number of halogens is 2. The minimum absolute atomic E-state index is 0.0134. The number of rotatable bonds is 9. The number of allylic oxidation sites excluding steroid dienone is 1. The molecule has 0 amide bonds. The van der Waals surface area contributed by atoms with Crippen LogP contribution >= 0.6 is 11.6 Å². The van der Waals surface area contributed by atoms with E-state index in [0.29, 0.717) is 12.1 Å². The molecule has 10 heteroatoms. The summed E-state index contributed by atoms with van der Waals surface area (Å²) in [6.07, 6.45) is 1.76. The smallest absolute Gasteiger partial charge is 0.244 e. The van der Waals surface area contributed by atoms with Crippen molar-refractivity contribution >= 4 is 21.6 Å². The number of ether oxygens (including phenoxy) is 1. The molecule has 0 radical (unpaired) electrons. The highest BCUT2D eigenvalue weighted by molar-refractivity contribution is 7.89. The number of hydrogen-bond donors (Lipinski definition) is 1. The number of hydrogen-bond acceptors (Lipinski definition) is 5. The zero-order chi connectivity index (χ0) is 21.8. The summed E-state index contributed by atoms with van der Waals surface area (Å²) in [7, 11) is 0.832. The molecular weight excluding hydrogens is 419 g/mol. The first-order chi connectivity index (χ1) is 13.6. The molecule has 1 aromatic carbocycles. The number of sulfonamides is 1. The van der Waals surface area contributed by atoms with Crippen LogP contribution in [0.25, 0.3) is 0 Å². The molecule has 2 N–H and O–H groups in total. The van der Waals surface area contributed by atoms with E-state index in [9.17, 15) is 12.8 Å². The summed E-state index contributed by atoms with van der Waals surface area (Å²) in [4.78, 5) is 0.0476. The van der Waals surface area contributed by atoms with Crippen molar-refractivity contribution in [2.45, 2.75) is 31.4 Å². The maximum atomic E-state index is 13.9. The molecule has 0 bridgehead atoms. The van der Waals surface area contributed by atoms with Crippen molar-refractivity contribution in [1.82, 2.24) is 14.1 Å². The Morgan fingerprint density at radius 1 is 1.41 bits per heavy atom. The van der Waals surface area contributed by atoms with E-state index in [1.165, 1.54) is 26.2 Å². The van der Waals surface area contributed by atoms with Crippen LogP contribution < -0.4 is 5.73 Å². The van der Waals surface area contributed by atoms with Crippen LogP contribution in [0.5, 0.6) is 0 Å². The van der Waals surface area contributed by atoms with Gasteiger partial charge in [0.15, 0.2) is 0 Å². The second kappa shape index (κ2) is 9.82. The number of methoxy groups -OCH3 is 1. The number of aromatic nitrogens is 2. The summed E-state index contributed by atoms with van der Waals surface area (Å²) in [6.45, 7) is 2.22. The van der Waals surface area contributed by atoms with E-state index in [1.54, 1.807) is 23.9 Å². The van der Waals surface area contributed by atoms with E-state index in [0.717, 1.165) is 21.1 Å². The lowest BCUT2D eigenvalue weighted by molar-refractivity contribution is 0.180. The van der Waals surface area contributed by atoms with E-state index >= 15 is 0 Å². The Kier molecular flexibility index (Phi) is 7.95. The number of benzene rings is 1.